The minimum absolute atomic E-state index is 0.0684. The highest BCUT2D eigenvalue weighted by Gasteiger charge is 2.45. The van der Waals surface area contributed by atoms with Gasteiger partial charge in [0.1, 0.15) is 0 Å². The maximum atomic E-state index is 13.3. The van der Waals surface area contributed by atoms with Crippen LogP contribution in [0.2, 0.25) is 0 Å². The first-order chi connectivity index (χ1) is 6.59. The zero-order valence-electron chi connectivity index (χ0n) is 8.43. The van der Waals surface area contributed by atoms with Crippen molar-refractivity contribution in [2.24, 2.45) is 0 Å². The molecule has 1 aliphatic heterocycles. The molecule has 0 spiro atoms. The molecule has 2 rings (SSSR count). The minimum atomic E-state index is -2.47. The molecule has 1 aliphatic carbocycles. The molecule has 0 aromatic carbocycles. The number of hydrogen-bond acceptors (Lipinski definition) is 2. The summed E-state index contributed by atoms with van der Waals surface area (Å²) in [5.74, 6) is -1.36. The summed E-state index contributed by atoms with van der Waals surface area (Å²) >= 11 is 1.88. The van der Waals surface area contributed by atoms with E-state index in [9.17, 15) is 8.78 Å². The average molecular weight is 221 g/mol. The van der Waals surface area contributed by atoms with Crippen molar-refractivity contribution in [3.05, 3.63) is 0 Å². The van der Waals surface area contributed by atoms with E-state index in [2.05, 4.69) is 12.2 Å². The second kappa shape index (κ2) is 3.97. The Hall–Kier alpha value is 0.170. The highest BCUT2D eigenvalue weighted by Crippen LogP contribution is 2.37. The molecular weight excluding hydrogens is 204 g/mol. The van der Waals surface area contributed by atoms with Gasteiger partial charge in [0.15, 0.2) is 0 Å². The summed E-state index contributed by atoms with van der Waals surface area (Å²) < 4.78 is 26.6. The SMILES string of the molecule is CC1SCCC1NC1CCCC1(F)F. The Labute approximate surface area is 88.0 Å². The van der Waals surface area contributed by atoms with Gasteiger partial charge in [-0.2, -0.15) is 11.8 Å². The largest absolute Gasteiger partial charge is 0.305 e. The Morgan fingerprint density at radius 1 is 1.36 bits per heavy atom. The first-order valence-electron chi connectivity index (χ1n) is 5.35. The number of hydrogen-bond donors (Lipinski definition) is 1. The van der Waals surface area contributed by atoms with Gasteiger partial charge in [-0.25, -0.2) is 8.78 Å². The summed E-state index contributed by atoms with van der Waals surface area (Å²) in [7, 11) is 0. The molecule has 4 heteroatoms. The van der Waals surface area contributed by atoms with E-state index in [4.69, 9.17) is 0 Å². The summed E-state index contributed by atoms with van der Waals surface area (Å²) in [5, 5.41) is 3.64. The zero-order chi connectivity index (χ0) is 10.2. The second-order valence-electron chi connectivity index (χ2n) is 4.34. The van der Waals surface area contributed by atoms with Gasteiger partial charge in [0.25, 0.3) is 5.92 Å². The monoisotopic (exact) mass is 221 g/mol. The molecular formula is C10H17F2NS. The van der Waals surface area contributed by atoms with Crippen LogP contribution in [0.3, 0.4) is 0 Å². The van der Waals surface area contributed by atoms with Crippen molar-refractivity contribution in [1.29, 1.82) is 0 Å². The lowest BCUT2D eigenvalue weighted by Crippen LogP contribution is -2.47. The molecule has 2 fully saturated rings. The van der Waals surface area contributed by atoms with E-state index in [1.54, 1.807) is 0 Å². The van der Waals surface area contributed by atoms with E-state index >= 15 is 0 Å². The van der Waals surface area contributed by atoms with Crippen molar-refractivity contribution in [3.63, 3.8) is 0 Å². The van der Waals surface area contributed by atoms with Crippen LogP contribution in [0.4, 0.5) is 8.78 Å². The second-order valence-corrected chi connectivity index (χ2v) is 5.83. The van der Waals surface area contributed by atoms with Gasteiger partial charge in [-0.1, -0.05) is 6.92 Å². The summed E-state index contributed by atoms with van der Waals surface area (Å²) in [5.41, 5.74) is 0. The summed E-state index contributed by atoms with van der Waals surface area (Å²) in [4.78, 5) is 0. The normalized spacial score (nSPS) is 41.8. The van der Waals surface area contributed by atoms with Crippen molar-refractivity contribution < 1.29 is 8.78 Å². The molecule has 2 aliphatic rings. The molecule has 1 saturated heterocycles. The van der Waals surface area contributed by atoms with Gasteiger partial charge in [0, 0.05) is 17.7 Å². The lowest BCUT2D eigenvalue weighted by atomic mass is 10.1. The zero-order valence-corrected chi connectivity index (χ0v) is 9.25. The molecule has 1 N–H and O–H groups in total. The third kappa shape index (κ3) is 2.06. The average Bonchev–Trinajstić information content (AvgIpc) is 2.62. The van der Waals surface area contributed by atoms with Crippen molar-refractivity contribution in [1.82, 2.24) is 5.32 Å². The van der Waals surface area contributed by atoms with Crippen LogP contribution >= 0.6 is 11.8 Å². The Balaban J connectivity index is 1.90. The van der Waals surface area contributed by atoms with Crippen LogP contribution in [-0.2, 0) is 0 Å². The molecule has 0 amide bonds. The molecule has 3 unspecified atom stereocenters. The number of thioether (sulfide) groups is 1. The number of alkyl halides is 2. The van der Waals surface area contributed by atoms with Crippen LogP contribution in [0.25, 0.3) is 0 Å². The van der Waals surface area contributed by atoms with Crippen LogP contribution in [0.15, 0.2) is 0 Å². The number of nitrogens with one attached hydrogen (secondary N) is 1. The predicted octanol–water partition coefficient (Wildman–Crippen LogP) is 2.66. The highest BCUT2D eigenvalue weighted by molar-refractivity contribution is 8.00. The molecule has 1 saturated carbocycles. The van der Waals surface area contributed by atoms with Gasteiger partial charge in [-0.05, 0) is 25.0 Å². The van der Waals surface area contributed by atoms with Crippen LogP contribution in [-0.4, -0.2) is 29.0 Å². The third-order valence-corrected chi connectivity index (χ3v) is 4.63. The van der Waals surface area contributed by atoms with Gasteiger partial charge >= 0.3 is 0 Å². The van der Waals surface area contributed by atoms with Crippen molar-refractivity contribution >= 4 is 11.8 Å². The van der Waals surface area contributed by atoms with Crippen LogP contribution in [0.5, 0.6) is 0 Å². The highest BCUT2D eigenvalue weighted by atomic mass is 32.2. The van der Waals surface area contributed by atoms with Crippen LogP contribution < -0.4 is 5.32 Å². The maximum Gasteiger partial charge on any atom is 0.263 e. The van der Waals surface area contributed by atoms with Crippen molar-refractivity contribution in [3.8, 4) is 0 Å². The summed E-state index contributed by atoms with van der Waals surface area (Å²) in [6.45, 7) is 2.13. The molecule has 0 bridgehead atoms. The fourth-order valence-electron chi connectivity index (χ4n) is 2.34. The molecule has 0 aromatic heterocycles. The molecule has 0 aromatic rings. The minimum Gasteiger partial charge on any atom is -0.305 e. The molecule has 1 heterocycles. The van der Waals surface area contributed by atoms with E-state index in [1.165, 1.54) is 0 Å². The molecule has 3 atom stereocenters. The van der Waals surface area contributed by atoms with E-state index < -0.39 is 12.0 Å². The van der Waals surface area contributed by atoms with Gasteiger partial charge in [-0.15, -0.1) is 0 Å². The lowest BCUT2D eigenvalue weighted by Gasteiger charge is -2.26. The summed E-state index contributed by atoms with van der Waals surface area (Å²) in [6, 6.07) is -0.261. The van der Waals surface area contributed by atoms with E-state index in [1.807, 2.05) is 11.8 Å². The predicted molar refractivity (Wildman–Crippen MR) is 56.0 cm³/mol. The van der Waals surface area contributed by atoms with Crippen LogP contribution in [0.1, 0.15) is 32.6 Å². The number of halogens is 2. The smallest absolute Gasteiger partial charge is 0.263 e. The van der Waals surface area contributed by atoms with Gasteiger partial charge in [0.2, 0.25) is 0 Å². The fourth-order valence-corrected chi connectivity index (χ4v) is 3.55. The third-order valence-electron chi connectivity index (χ3n) is 3.30. The quantitative estimate of drug-likeness (QED) is 0.769. The molecule has 1 nitrogen and oxygen atoms in total. The van der Waals surface area contributed by atoms with E-state index in [0.717, 1.165) is 12.2 Å². The fraction of sp³-hybridized carbons (Fsp3) is 1.00. The number of rotatable bonds is 2. The van der Waals surface area contributed by atoms with E-state index in [-0.39, 0.29) is 6.42 Å². The first-order valence-corrected chi connectivity index (χ1v) is 6.40. The summed E-state index contributed by atoms with van der Waals surface area (Å²) in [6.07, 6.45) is 2.41. The van der Waals surface area contributed by atoms with Crippen molar-refractivity contribution in [2.75, 3.05) is 5.75 Å². The first kappa shape index (κ1) is 10.7. The molecule has 0 radical (unpaired) electrons. The maximum absolute atomic E-state index is 13.3. The van der Waals surface area contributed by atoms with Crippen LogP contribution in [0, 0.1) is 0 Å². The van der Waals surface area contributed by atoms with Gasteiger partial charge < -0.3 is 5.32 Å². The Kier molecular flexibility index (Phi) is 3.03. The van der Waals surface area contributed by atoms with Gasteiger partial charge in [-0.3, -0.25) is 0 Å². The van der Waals surface area contributed by atoms with Gasteiger partial charge in [0.05, 0.1) is 6.04 Å². The topological polar surface area (TPSA) is 12.0 Å². The molecule has 14 heavy (non-hydrogen) atoms. The Bertz CT molecular complexity index is 210. The standard InChI is InChI=1S/C10H17F2NS/c1-7-8(4-6-14-7)13-9-3-2-5-10(9,11)12/h7-9,13H,2-6H2,1H3. The van der Waals surface area contributed by atoms with Crippen molar-refractivity contribution in [2.45, 2.75) is 55.9 Å². The Morgan fingerprint density at radius 3 is 2.64 bits per heavy atom. The lowest BCUT2D eigenvalue weighted by molar-refractivity contribution is -0.0209. The molecule has 82 valence electrons. The Morgan fingerprint density at radius 2 is 2.14 bits per heavy atom. The van der Waals surface area contributed by atoms with E-state index in [0.29, 0.717) is 24.1 Å².